The number of carbonyl (C=O) groups excluding carboxylic acids is 1. The van der Waals surface area contributed by atoms with Crippen LogP contribution in [-0.2, 0) is 21.7 Å². The average Bonchev–Trinajstić information content (AvgIpc) is 3.23. The Labute approximate surface area is 223 Å². The Hall–Kier alpha value is -2.70. The summed E-state index contributed by atoms with van der Waals surface area (Å²) in [4.78, 5) is 22.5. The first-order chi connectivity index (χ1) is 17.2. The molecule has 3 heterocycles. The lowest BCUT2D eigenvalue weighted by atomic mass is 9.91. The van der Waals surface area contributed by atoms with E-state index in [2.05, 4.69) is 15.3 Å². The van der Waals surface area contributed by atoms with Gasteiger partial charge in [-0.1, -0.05) is 17.7 Å². The summed E-state index contributed by atoms with van der Waals surface area (Å²) in [5.41, 5.74) is -0.580. The Kier molecular flexibility index (Phi) is 7.55. The number of aromatic nitrogens is 2. The highest BCUT2D eigenvalue weighted by atomic mass is 35.5. The van der Waals surface area contributed by atoms with E-state index in [1.54, 1.807) is 43.2 Å². The zero-order valence-electron chi connectivity index (χ0n) is 20.4. The standard InChI is InChI=1S/C24H24ClF3N4O3S2/c1-23(2,3)35-22(33)32-10-14(11-32)13-5-6-17(25)18(7-13)30-21-29-9-16(24(26,27)28)20(31-21)19-8-15(12-36-19)37(4)34/h5-9,12,14H,10-11H2,1-4H3,(H,29,30,31). The molecule has 1 amide bonds. The lowest BCUT2D eigenvalue weighted by molar-refractivity contribution is -0.137. The van der Waals surface area contributed by atoms with Gasteiger partial charge in [0.25, 0.3) is 0 Å². The van der Waals surface area contributed by atoms with Crippen molar-refractivity contribution in [3.05, 3.63) is 52.0 Å². The molecule has 0 bridgehead atoms. The molecule has 3 aromatic rings. The van der Waals surface area contributed by atoms with Gasteiger partial charge >= 0.3 is 12.3 Å². The number of benzene rings is 1. The summed E-state index contributed by atoms with van der Waals surface area (Å²) in [6.45, 7) is 6.34. The first kappa shape index (κ1) is 27.3. The number of alkyl halides is 3. The summed E-state index contributed by atoms with van der Waals surface area (Å²) in [6.07, 6.45) is -2.89. The van der Waals surface area contributed by atoms with Crippen molar-refractivity contribution in [2.24, 2.45) is 0 Å². The minimum atomic E-state index is -4.68. The third-order valence-electron chi connectivity index (χ3n) is 5.48. The Morgan fingerprint density at radius 3 is 2.54 bits per heavy atom. The smallest absolute Gasteiger partial charge is 0.420 e. The summed E-state index contributed by atoms with van der Waals surface area (Å²) in [6, 6.07) is 6.70. The first-order valence-electron chi connectivity index (χ1n) is 11.1. The third-order valence-corrected chi connectivity index (χ3v) is 7.79. The van der Waals surface area contributed by atoms with E-state index in [1.165, 1.54) is 12.3 Å². The number of carbonyl (C=O) groups is 1. The third kappa shape index (κ3) is 6.42. The quantitative estimate of drug-likeness (QED) is 0.366. The average molecular weight is 573 g/mol. The maximum Gasteiger partial charge on any atom is 0.420 e. The van der Waals surface area contributed by atoms with E-state index < -0.39 is 28.1 Å². The molecule has 1 aromatic carbocycles. The highest BCUT2D eigenvalue weighted by Crippen LogP contribution is 2.39. The van der Waals surface area contributed by atoms with Crippen molar-refractivity contribution in [3.63, 3.8) is 0 Å². The SMILES string of the molecule is CS(=O)c1csc(-c2nc(Nc3cc(C4CN(C(=O)OC(C)(C)C)C4)ccc3Cl)ncc2C(F)(F)F)c1. The predicted molar refractivity (Wildman–Crippen MR) is 138 cm³/mol. The Morgan fingerprint density at radius 2 is 1.95 bits per heavy atom. The van der Waals surface area contributed by atoms with E-state index in [1.807, 2.05) is 6.07 Å². The monoisotopic (exact) mass is 572 g/mol. The number of thiophene rings is 1. The summed E-state index contributed by atoms with van der Waals surface area (Å²) in [7, 11) is -1.34. The van der Waals surface area contributed by atoms with Crippen LogP contribution in [0.3, 0.4) is 0 Å². The maximum atomic E-state index is 13.7. The number of anilines is 2. The topological polar surface area (TPSA) is 84.4 Å². The largest absolute Gasteiger partial charge is 0.444 e. The highest BCUT2D eigenvalue weighted by molar-refractivity contribution is 7.84. The molecule has 1 aliphatic heterocycles. The van der Waals surface area contributed by atoms with Crippen LogP contribution in [0.2, 0.25) is 5.02 Å². The highest BCUT2D eigenvalue weighted by Gasteiger charge is 2.37. The van der Waals surface area contributed by atoms with Crippen molar-refractivity contribution in [3.8, 4) is 10.6 Å². The van der Waals surface area contributed by atoms with Crippen LogP contribution in [0.15, 0.2) is 40.7 Å². The van der Waals surface area contributed by atoms with Gasteiger partial charge in [0.15, 0.2) is 0 Å². The molecule has 0 spiro atoms. The molecular weight excluding hydrogens is 549 g/mol. The van der Waals surface area contributed by atoms with Crippen LogP contribution in [0.25, 0.3) is 10.6 Å². The van der Waals surface area contributed by atoms with Gasteiger partial charge in [-0.2, -0.15) is 13.2 Å². The van der Waals surface area contributed by atoms with Gasteiger partial charge in [-0.3, -0.25) is 4.21 Å². The number of ether oxygens (including phenoxy) is 1. The fourth-order valence-electron chi connectivity index (χ4n) is 3.61. The van der Waals surface area contributed by atoms with Gasteiger partial charge < -0.3 is 15.0 Å². The van der Waals surface area contributed by atoms with Crippen LogP contribution in [0.4, 0.5) is 29.6 Å². The molecule has 4 rings (SSSR count). The van der Waals surface area contributed by atoms with Crippen LogP contribution in [0.1, 0.15) is 37.8 Å². The maximum absolute atomic E-state index is 13.7. The van der Waals surface area contributed by atoms with Crippen LogP contribution in [0, 0.1) is 0 Å². The summed E-state index contributed by atoms with van der Waals surface area (Å²) < 4.78 is 58.2. The van der Waals surface area contributed by atoms with Gasteiger partial charge in [-0.05, 0) is 44.5 Å². The first-order valence-corrected chi connectivity index (χ1v) is 13.9. The van der Waals surface area contributed by atoms with E-state index in [0.29, 0.717) is 28.7 Å². The number of hydrogen-bond donors (Lipinski definition) is 1. The predicted octanol–water partition coefficient (Wildman–Crippen LogP) is 6.69. The normalized spacial score (nSPS) is 15.3. The summed E-state index contributed by atoms with van der Waals surface area (Å²) >= 11 is 7.37. The van der Waals surface area contributed by atoms with Crippen LogP contribution in [0.5, 0.6) is 0 Å². The van der Waals surface area contributed by atoms with Crippen molar-refractivity contribution in [2.45, 2.75) is 43.4 Å². The number of nitrogens with zero attached hydrogens (tertiary/aromatic N) is 3. The van der Waals surface area contributed by atoms with Crippen LogP contribution in [-0.4, -0.2) is 50.1 Å². The number of likely N-dealkylation sites (tertiary alicyclic amines) is 1. The van der Waals surface area contributed by atoms with Crippen molar-refractivity contribution < 1.29 is 26.9 Å². The molecule has 0 saturated carbocycles. The van der Waals surface area contributed by atoms with E-state index >= 15 is 0 Å². The molecule has 13 heteroatoms. The molecule has 1 atom stereocenters. The lowest BCUT2D eigenvalue weighted by Crippen LogP contribution is -2.50. The molecule has 0 aliphatic carbocycles. The summed E-state index contributed by atoms with van der Waals surface area (Å²) in [5, 5.41) is 4.79. The van der Waals surface area contributed by atoms with E-state index in [4.69, 9.17) is 16.3 Å². The van der Waals surface area contributed by atoms with E-state index in [-0.39, 0.29) is 28.5 Å². The van der Waals surface area contributed by atoms with Gasteiger partial charge in [0, 0.05) is 41.7 Å². The molecule has 1 unspecified atom stereocenters. The summed E-state index contributed by atoms with van der Waals surface area (Å²) in [5.74, 6) is -0.0208. The Bertz CT molecular complexity index is 1350. The van der Waals surface area contributed by atoms with Crippen LogP contribution < -0.4 is 5.32 Å². The van der Waals surface area contributed by atoms with Gasteiger partial charge in [-0.25, -0.2) is 14.8 Å². The Morgan fingerprint density at radius 1 is 1.24 bits per heavy atom. The second-order valence-corrected chi connectivity index (χ2v) is 12.2. The van der Waals surface area contributed by atoms with E-state index in [0.717, 1.165) is 23.1 Å². The lowest BCUT2D eigenvalue weighted by Gasteiger charge is -2.40. The second kappa shape index (κ2) is 10.2. The van der Waals surface area contributed by atoms with Crippen molar-refractivity contribution in [1.82, 2.24) is 14.9 Å². The number of nitrogens with one attached hydrogen (secondary N) is 1. The fraction of sp³-hybridized carbons (Fsp3) is 0.375. The number of hydrogen-bond acceptors (Lipinski definition) is 7. The molecule has 1 N–H and O–H groups in total. The molecule has 37 heavy (non-hydrogen) atoms. The molecule has 0 radical (unpaired) electrons. The van der Waals surface area contributed by atoms with Crippen LogP contribution >= 0.6 is 22.9 Å². The number of halogens is 4. The van der Waals surface area contributed by atoms with Gasteiger partial charge in [0.05, 0.1) is 32.1 Å². The molecule has 1 aliphatic rings. The minimum Gasteiger partial charge on any atom is -0.444 e. The van der Waals surface area contributed by atoms with E-state index in [9.17, 15) is 22.2 Å². The number of rotatable bonds is 5. The molecule has 198 valence electrons. The minimum absolute atomic E-state index is 0.0499. The zero-order chi connectivity index (χ0) is 27.1. The molecule has 2 aromatic heterocycles. The number of amides is 1. The second-order valence-electron chi connectivity index (χ2n) is 9.50. The Balaban J connectivity index is 1.56. The van der Waals surface area contributed by atoms with Crippen molar-refractivity contribution >= 4 is 51.5 Å². The fourth-order valence-corrected chi connectivity index (χ4v) is 5.59. The van der Waals surface area contributed by atoms with Crippen molar-refractivity contribution in [1.29, 1.82) is 0 Å². The molecular formula is C24H24ClF3N4O3S2. The molecule has 7 nitrogen and oxygen atoms in total. The molecule has 1 saturated heterocycles. The van der Waals surface area contributed by atoms with Crippen molar-refractivity contribution in [2.75, 3.05) is 24.7 Å². The van der Waals surface area contributed by atoms with Gasteiger partial charge in [0.1, 0.15) is 11.2 Å². The van der Waals surface area contributed by atoms with Gasteiger partial charge in [0.2, 0.25) is 5.95 Å². The zero-order valence-corrected chi connectivity index (χ0v) is 22.7. The van der Waals surface area contributed by atoms with Gasteiger partial charge in [-0.15, -0.1) is 11.3 Å². The molecule has 1 fully saturated rings.